The zero-order chi connectivity index (χ0) is 22.1. The second-order valence-electron chi connectivity index (χ2n) is 7.40. The molecule has 5 rings (SSSR count). The van der Waals surface area contributed by atoms with Gasteiger partial charge in [0.25, 0.3) is 0 Å². The number of pyridine rings is 2. The summed E-state index contributed by atoms with van der Waals surface area (Å²) in [6.07, 6.45) is 4.00. The van der Waals surface area contributed by atoms with Gasteiger partial charge in [0, 0.05) is 41.2 Å². The zero-order valence-electron chi connectivity index (χ0n) is 17.0. The minimum Gasteiger partial charge on any atom is -0.330 e. The lowest BCUT2D eigenvalue weighted by Crippen LogP contribution is -2.04. The fourth-order valence-electron chi connectivity index (χ4n) is 3.96. The van der Waals surface area contributed by atoms with Crippen LogP contribution in [0.4, 0.5) is 8.78 Å². The topological polar surface area (TPSA) is 80.5 Å². The number of hydrogen-bond donors (Lipinski definition) is 2. The molecule has 0 fully saturated rings. The predicted molar refractivity (Wildman–Crippen MR) is 121 cm³/mol. The lowest BCUT2D eigenvalue weighted by molar-refractivity contribution is 0.627. The quantitative estimate of drug-likeness (QED) is 0.407. The van der Waals surface area contributed by atoms with Crippen LogP contribution >= 0.6 is 0 Å². The average Bonchev–Trinajstić information content (AvgIpc) is 3.22. The van der Waals surface area contributed by atoms with Crippen LogP contribution in [0.25, 0.3) is 44.5 Å². The van der Waals surface area contributed by atoms with E-state index in [0.717, 1.165) is 38.9 Å². The summed E-state index contributed by atoms with van der Waals surface area (Å²) in [5.74, 6) is -0.651. The number of nitrogens with one attached hydrogen (secondary N) is 1. The Morgan fingerprint density at radius 2 is 1.34 bits per heavy atom. The Bertz CT molecular complexity index is 1380. The summed E-state index contributed by atoms with van der Waals surface area (Å²) in [7, 11) is 0. The van der Waals surface area contributed by atoms with Crippen molar-refractivity contribution >= 4 is 11.0 Å². The van der Waals surface area contributed by atoms with Crippen LogP contribution in [0.15, 0.2) is 73.1 Å². The van der Waals surface area contributed by atoms with Crippen molar-refractivity contribution in [3.05, 3.63) is 90.4 Å². The first-order valence-corrected chi connectivity index (χ1v) is 10.2. The molecule has 0 aliphatic heterocycles. The van der Waals surface area contributed by atoms with E-state index in [-0.39, 0.29) is 11.6 Å². The molecule has 0 radical (unpaired) electrons. The number of halogens is 2. The van der Waals surface area contributed by atoms with Crippen LogP contribution < -0.4 is 5.73 Å². The van der Waals surface area contributed by atoms with Crippen molar-refractivity contribution in [2.45, 2.75) is 6.42 Å². The Balaban J connectivity index is 1.94. The van der Waals surface area contributed by atoms with Gasteiger partial charge in [-0.25, -0.2) is 13.8 Å². The minimum atomic E-state index is -0.330. The molecule has 0 amide bonds. The largest absolute Gasteiger partial charge is 0.330 e. The molecule has 0 saturated carbocycles. The maximum atomic E-state index is 13.8. The first-order chi connectivity index (χ1) is 15.7. The minimum absolute atomic E-state index is 0.322. The van der Waals surface area contributed by atoms with Gasteiger partial charge in [-0.3, -0.25) is 10.1 Å². The number of rotatable bonds is 5. The van der Waals surface area contributed by atoms with E-state index in [4.69, 9.17) is 10.7 Å². The molecule has 7 heteroatoms. The maximum absolute atomic E-state index is 13.8. The molecule has 0 spiro atoms. The molecular weight excluding hydrogens is 408 g/mol. The number of aromatic amines is 1. The lowest BCUT2D eigenvalue weighted by Gasteiger charge is -2.17. The molecule has 3 aromatic heterocycles. The van der Waals surface area contributed by atoms with Crippen molar-refractivity contribution in [1.82, 2.24) is 20.2 Å². The second-order valence-corrected chi connectivity index (χ2v) is 7.40. The molecule has 5 nitrogen and oxygen atoms in total. The van der Waals surface area contributed by atoms with Crippen LogP contribution in [0.1, 0.15) is 5.69 Å². The third kappa shape index (κ3) is 3.52. The van der Waals surface area contributed by atoms with Crippen molar-refractivity contribution in [2.75, 3.05) is 6.54 Å². The molecule has 2 aromatic carbocycles. The van der Waals surface area contributed by atoms with E-state index in [1.54, 1.807) is 36.7 Å². The number of benzene rings is 2. The molecule has 0 aliphatic rings. The van der Waals surface area contributed by atoms with Crippen LogP contribution in [-0.4, -0.2) is 26.7 Å². The molecule has 0 bridgehead atoms. The van der Waals surface area contributed by atoms with E-state index >= 15 is 0 Å². The van der Waals surface area contributed by atoms with E-state index in [2.05, 4.69) is 15.2 Å². The fraction of sp³-hybridized carbons (Fsp3) is 0.0800. The van der Waals surface area contributed by atoms with Gasteiger partial charge in [0.2, 0.25) is 0 Å². The summed E-state index contributed by atoms with van der Waals surface area (Å²) >= 11 is 0. The SMILES string of the molecule is NCCc1[nH]nc2nc(-c3ccc(F)cc3)c(-c3ccncc3)c(-c3ccc(F)cc3)c12. The molecule has 0 unspecified atom stereocenters. The van der Waals surface area contributed by atoms with E-state index < -0.39 is 0 Å². The molecule has 3 N–H and O–H groups in total. The number of nitrogens with zero attached hydrogens (tertiary/aromatic N) is 3. The number of aromatic nitrogens is 4. The Morgan fingerprint density at radius 3 is 1.97 bits per heavy atom. The average molecular weight is 427 g/mol. The third-order valence-corrected chi connectivity index (χ3v) is 5.39. The number of nitrogens with two attached hydrogens (primary N) is 1. The second kappa shape index (κ2) is 8.28. The van der Waals surface area contributed by atoms with Gasteiger partial charge in [0.15, 0.2) is 5.65 Å². The predicted octanol–water partition coefficient (Wildman–Crippen LogP) is 5.13. The van der Waals surface area contributed by atoms with Gasteiger partial charge >= 0.3 is 0 Å². The summed E-state index contributed by atoms with van der Waals surface area (Å²) in [6.45, 7) is 0.435. The summed E-state index contributed by atoms with van der Waals surface area (Å²) in [6, 6.07) is 16.3. The molecule has 0 atom stereocenters. The summed E-state index contributed by atoms with van der Waals surface area (Å²) < 4.78 is 27.4. The fourth-order valence-corrected chi connectivity index (χ4v) is 3.96. The van der Waals surface area contributed by atoms with Gasteiger partial charge in [-0.15, -0.1) is 0 Å². The number of fused-ring (bicyclic) bond motifs is 1. The van der Waals surface area contributed by atoms with Crippen LogP contribution in [0.3, 0.4) is 0 Å². The van der Waals surface area contributed by atoms with Crippen molar-refractivity contribution in [1.29, 1.82) is 0 Å². The molecule has 5 aromatic rings. The Morgan fingerprint density at radius 1 is 0.750 bits per heavy atom. The van der Waals surface area contributed by atoms with E-state index in [9.17, 15) is 8.78 Å². The van der Waals surface area contributed by atoms with E-state index in [1.165, 1.54) is 24.3 Å². The molecule has 0 saturated heterocycles. The van der Waals surface area contributed by atoms with Gasteiger partial charge < -0.3 is 5.73 Å². The van der Waals surface area contributed by atoms with Crippen molar-refractivity contribution in [3.63, 3.8) is 0 Å². The van der Waals surface area contributed by atoms with Gasteiger partial charge in [0.05, 0.1) is 11.1 Å². The van der Waals surface area contributed by atoms with E-state index in [1.807, 2.05) is 12.1 Å². The highest BCUT2D eigenvalue weighted by atomic mass is 19.1. The molecular formula is C25H19F2N5. The Hall–Kier alpha value is -3.97. The van der Waals surface area contributed by atoms with E-state index in [0.29, 0.717) is 24.3 Å². The van der Waals surface area contributed by atoms with Gasteiger partial charge in [-0.2, -0.15) is 5.10 Å². The zero-order valence-corrected chi connectivity index (χ0v) is 17.0. The van der Waals surface area contributed by atoms with Crippen molar-refractivity contribution in [2.24, 2.45) is 5.73 Å². The number of hydrogen-bond acceptors (Lipinski definition) is 4. The smallest absolute Gasteiger partial charge is 0.182 e. The normalized spacial score (nSPS) is 11.2. The standard InChI is InChI=1S/C25H19F2N5/c26-18-5-1-15(2-6-18)21-22(16-10-13-29-14-11-16)24(17-3-7-19(27)8-4-17)30-25-23(21)20(9-12-28)31-32-25/h1-8,10-11,13-14H,9,12,28H2,(H,30,31,32). The molecule has 0 aliphatic carbocycles. The van der Waals surface area contributed by atoms with Crippen LogP contribution in [0.2, 0.25) is 0 Å². The van der Waals surface area contributed by atoms with Crippen molar-refractivity contribution < 1.29 is 8.78 Å². The highest BCUT2D eigenvalue weighted by Gasteiger charge is 2.23. The van der Waals surface area contributed by atoms with Crippen LogP contribution in [-0.2, 0) is 6.42 Å². The van der Waals surface area contributed by atoms with Gasteiger partial charge in [0.1, 0.15) is 11.6 Å². The third-order valence-electron chi connectivity index (χ3n) is 5.39. The lowest BCUT2D eigenvalue weighted by atomic mass is 9.88. The van der Waals surface area contributed by atoms with Crippen LogP contribution in [0.5, 0.6) is 0 Å². The first kappa shape index (κ1) is 20.0. The molecule has 3 heterocycles. The molecule has 32 heavy (non-hydrogen) atoms. The molecule has 158 valence electrons. The monoisotopic (exact) mass is 427 g/mol. The van der Waals surface area contributed by atoms with Gasteiger partial charge in [-0.1, -0.05) is 12.1 Å². The highest BCUT2D eigenvalue weighted by Crippen LogP contribution is 2.43. The van der Waals surface area contributed by atoms with Gasteiger partial charge in [-0.05, 0) is 66.2 Å². The Labute approximate surface area is 183 Å². The van der Waals surface area contributed by atoms with Crippen LogP contribution in [0, 0.1) is 11.6 Å². The summed E-state index contributed by atoms with van der Waals surface area (Å²) in [5.41, 5.74) is 12.0. The summed E-state index contributed by atoms with van der Waals surface area (Å²) in [4.78, 5) is 9.00. The Kier molecular flexibility index (Phi) is 5.17. The maximum Gasteiger partial charge on any atom is 0.182 e. The summed E-state index contributed by atoms with van der Waals surface area (Å²) in [5, 5.41) is 8.32. The highest BCUT2D eigenvalue weighted by molar-refractivity contribution is 6.07. The first-order valence-electron chi connectivity index (χ1n) is 10.2. The van der Waals surface area contributed by atoms with Crippen molar-refractivity contribution in [3.8, 4) is 33.5 Å². The number of H-pyrrole nitrogens is 1.